The van der Waals surface area contributed by atoms with E-state index in [0.29, 0.717) is 11.3 Å². The van der Waals surface area contributed by atoms with Crippen LogP contribution in [0.3, 0.4) is 0 Å². The lowest BCUT2D eigenvalue weighted by molar-refractivity contribution is 0.0955. The Bertz CT molecular complexity index is 519. The Morgan fingerprint density at radius 1 is 1.33 bits per heavy atom. The molecule has 2 rings (SSSR count). The van der Waals surface area contributed by atoms with E-state index in [2.05, 4.69) is 0 Å². The average molecular weight is 294 g/mol. The van der Waals surface area contributed by atoms with Gasteiger partial charge in [-0.3, -0.25) is 4.90 Å². The van der Waals surface area contributed by atoms with E-state index in [1.165, 1.54) is 11.0 Å². The van der Waals surface area contributed by atoms with Gasteiger partial charge < -0.3 is 10.0 Å². The monoisotopic (exact) mass is 294 g/mol. The summed E-state index contributed by atoms with van der Waals surface area (Å²) >= 11 is 0. The molecule has 1 aliphatic heterocycles. The highest BCUT2D eigenvalue weighted by Gasteiger charge is 2.26. The lowest BCUT2D eigenvalue weighted by Gasteiger charge is -2.33. The van der Waals surface area contributed by atoms with E-state index < -0.39 is 11.6 Å². The zero-order valence-corrected chi connectivity index (χ0v) is 12.9. The van der Waals surface area contributed by atoms with Crippen LogP contribution in [0.15, 0.2) is 18.2 Å². The van der Waals surface area contributed by atoms with Crippen LogP contribution in [0.5, 0.6) is 0 Å². The summed E-state index contributed by atoms with van der Waals surface area (Å²) in [7, 11) is 0. The Morgan fingerprint density at radius 2 is 1.95 bits per heavy atom. The maximum Gasteiger partial charge on any atom is 0.408 e. The van der Waals surface area contributed by atoms with Crippen LogP contribution in [0.4, 0.5) is 14.9 Å². The van der Waals surface area contributed by atoms with E-state index in [0.717, 1.165) is 25.9 Å². The van der Waals surface area contributed by atoms with Crippen LogP contribution < -0.4 is 4.90 Å². The molecule has 0 unspecified atom stereocenters. The first kappa shape index (κ1) is 15.6. The molecule has 5 heteroatoms. The third-order valence-corrected chi connectivity index (χ3v) is 3.84. The number of halogens is 1. The van der Waals surface area contributed by atoms with Crippen molar-refractivity contribution < 1.29 is 14.3 Å². The van der Waals surface area contributed by atoms with Crippen LogP contribution in [0.1, 0.15) is 39.2 Å². The Hall–Kier alpha value is -1.78. The second-order valence-electron chi connectivity index (χ2n) is 6.52. The number of hydrogen-bond donors (Lipinski definition) is 1. The molecule has 4 nitrogen and oxygen atoms in total. The number of hydrogen-bond acceptors (Lipinski definition) is 2. The van der Waals surface area contributed by atoms with Gasteiger partial charge in [-0.2, -0.15) is 0 Å². The van der Waals surface area contributed by atoms with E-state index >= 15 is 0 Å². The predicted octanol–water partition coefficient (Wildman–Crippen LogP) is 3.70. The van der Waals surface area contributed by atoms with Crippen molar-refractivity contribution in [3.63, 3.8) is 0 Å². The molecule has 21 heavy (non-hydrogen) atoms. The highest BCUT2D eigenvalue weighted by molar-refractivity contribution is 5.66. The van der Waals surface area contributed by atoms with Gasteiger partial charge in [0.1, 0.15) is 5.82 Å². The molecule has 1 aromatic rings. The molecule has 0 bridgehead atoms. The lowest BCUT2D eigenvalue weighted by Crippen LogP contribution is -2.44. The second kappa shape index (κ2) is 5.92. The minimum Gasteiger partial charge on any atom is -0.465 e. The fourth-order valence-electron chi connectivity index (χ4n) is 2.64. The van der Waals surface area contributed by atoms with Crippen LogP contribution in [0, 0.1) is 5.82 Å². The normalized spacial score (nSPS) is 15.3. The number of carboxylic acid groups (broad SMARTS) is 1. The topological polar surface area (TPSA) is 43.8 Å². The molecule has 1 heterocycles. The number of carbonyl (C=O) groups is 1. The van der Waals surface area contributed by atoms with Crippen LogP contribution in [-0.2, 0) is 6.54 Å². The maximum atomic E-state index is 14.2. The second-order valence-corrected chi connectivity index (χ2v) is 6.52. The predicted molar refractivity (Wildman–Crippen MR) is 81.2 cm³/mol. The quantitative estimate of drug-likeness (QED) is 0.924. The number of anilines is 1. The Balaban J connectivity index is 2.17. The number of amides is 1. The summed E-state index contributed by atoms with van der Waals surface area (Å²) in [4.78, 5) is 14.7. The van der Waals surface area contributed by atoms with Crippen LogP contribution >= 0.6 is 0 Å². The number of nitrogens with zero attached hydrogens (tertiary/aromatic N) is 2. The highest BCUT2D eigenvalue weighted by Crippen LogP contribution is 2.26. The summed E-state index contributed by atoms with van der Waals surface area (Å²) in [6, 6.07) is 5.03. The molecule has 0 aromatic heterocycles. The van der Waals surface area contributed by atoms with Gasteiger partial charge >= 0.3 is 6.09 Å². The average Bonchev–Trinajstić information content (AvgIpc) is 2.88. The molecule has 0 atom stereocenters. The SMILES string of the molecule is CC(C)(C)N(Cc1ccc(N2CCCC2)c(F)c1)C(=O)O. The third-order valence-electron chi connectivity index (χ3n) is 3.84. The molecule has 1 aliphatic rings. The van der Waals surface area contributed by atoms with Crippen molar-refractivity contribution >= 4 is 11.8 Å². The molecular formula is C16H23FN2O2. The lowest BCUT2D eigenvalue weighted by atomic mass is 10.0. The number of rotatable bonds is 3. The van der Waals surface area contributed by atoms with Crippen molar-refractivity contribution in [1.82, 2.24) is 4.90 Å². The largest absolute Gasteiger partial charge is 0.465 e. The maximum absolute atomic E-state index is 14.2. The summed E-state index contributed by atoms with van der Waals surface area (Å²) < 4.78 is 14.2. The zero-order chi connectivity index (χ0) is 15.6. The first-order chi connectivity index (χ1) is 9.79. The fourth-order valence-corrected chi connectivity index (χ4v) is 2.64. The van der Waals surface area contributed by atoms with Crippen LogP contribution in [0.2, 0.25) is 0 Å². The van der Waals surface area contributed by atoms with Gasteiger partial charge in [-0.05, 0) is 51.3 Å². The third kappa shape index (κ3) is 3.65. The fraction of sp³-hybridized carbons (Fsp3) is 0.562. The van der Waals surface area contributed by atoms with Gasteiger partial charge in [0.05, 0.1) is 5.69 Å². The molecule has 1 saturated heterocycles. The Morgan fingerprint density at radius 3 is 2.43 bits per heavy atom. The standard InChI is InChI=1S/C16H23FN2O2/c1-16(2,3)19(15(20)21)11-12-6-7-14(13(17)10-12)18-8-4-5-9-18/h6-7,10H,4-5,8-9,11H2,1-3H3,(H,20,21). The first-order valence-electron chi connectivity index (χ1n) is 7.33. The van der Waals surface area contributed by atoms with E-state index in [9.17, 15) is 14.3 Å². The van der Waals surface area contributed by atoms with E-state index in [-0.39, 0.29) is 12.4 Å². The van der Waals surface area contributed by atoms with Crippen molar-refractivity contribution in [3.8, 4) is 0 Å². The van der Waals surface area contributed by atoms with Gasteiger partial charge in [-0.25, -0.2) is 9.18 Å². The summed E-state index contributed by atoms with van der Waals surface area (Å²) in [6.45, 7) is 7.46. The smallest absolute Gasteiger partial charge is 0.408 e. The molecule has 1 aromatic carbocycles. The summed E-state index contributed by atoms with van der Waals surface area (Å²) in [5.41, 5.74) is 0.775. The molecule has 1 fully saturated rings. The summed E-state index contributed by atoms with van der Waals surface area (Å²) in [6.07, 6.45) is 1.20. The van der Waals surface area contributed by atoms with Gasteiger partial charge in [0.15, 0.2) is 0 Å². The molecule has 0 aliphatic carbocycles. The van der Waals surface area contributed by atoms with Gasteiger partial charge in [0.2, 0.25) is 0 Å². The summed E-state index contributed by atoms with van der Waals surface area (Å²) in [5.74, 6) is -0.270. The summed E-state index contributed by atoms with van der Waals surface area (Å²) in [5, 5.41) is 9.29. The zero-order valence-electron chi connectivity index (χ0n) is 12.9. The first-order valence-corrected chi connectivity index (χ1v) is 7.33. The van der Waals surface area contributed by atoms with Gasteiger partial charge in [-0.15, -0.1) is 0 Å². The van der Waals surface area contributed by atoms with E-state index in [1.807, 2.05) is 31.7 Å². The van der Waals surface area contributed by atoms with Gasteiger partial charge in [0, 0.05) is 25.2 Å². The number of benzene rings is 1. The molecular weight excluding hydrogens is 271 g/mol. The molecule has 0 radical (unpaired) electrons. The van der Waals surface area contributed by atoms with Crippen molar-refractivity contribution in [3.05, 3.63) is 29.6 Å². The van der Waals surface area contributed by atoms with Crippen molar-refractivity contribution in [2.75, 3.05) is 18.0 Å². The molecule has 1 amide bonds. The van der Waals surface area contributed by atoms with Crippen molar-refractivity contribution in [2.45, 2.75) is 45.7 Å². The van der Waals surface area contributed by atoms with Gasteiger partial charge in [0.25, 0.3) is 0 Å². The Kier molecular flexibility index (Phi) is 4.40. The molecule has 116 valence electrons. The minimum atomic E-state index is -0.994. The van der Waals surface area contributed by atoms with E-state index in [1.54, 1.807) is 6.07 Å². The molecule has 1 N–H and O–H groups in total. The van der Waals surface area contributed by atoms with E-state index in [4.69, 9.17) is 0 Å². The van der Waals surface area contributed by atoms with Gasteiger partial charge in [-0.1, -0.05) is 6.07 Å². The van der Waals surface area contributed by atoms with Crippen molar-refractivity contribution in [2.24, 2.45) is 0 Å². The van der Waals surface area contributed by atoms with Crippen LogP contribution in [-0.4, -0.2) is 34.7 Å². The van der Waals surface area contributed by atoms with Crippen molar-refractivity contribution in [1.29, 1.82) is 0 Å². The highest BCUT2D eigenvalue weighted by atomic mass is 19.1. The van der Waals surface area contributed by atoms with Crippen LogP contribution in [0.25, 0.3) is 0 Å². The Labute approximate surface area is 125 Å². The molecule has 0 spiro atoms. The molecule has 0 saturated carbocycles. The minimum absolute atomic E-state index is 0.191.